The molecule has 2 aliphatic rings. The van der Waals surface area contributed by atoms with Gasteiger partial charge in [0.05, 0.1) is 30.5 Å². The van der Waals surface area contributed by atoms with Gasteiger partial charge in [-0.2, -0.15) is 0 Å². The Balaban J connectivity index is 1.21. The van der Waals surface area contributed by atoms with Crippen molar-refractivity contribution < 1.29 is 0 Å². The van der Waals surface area contributed by atoms with Crippen LogP contribution in [0.15, 0.2) is 58.9 Å². The van der Waals surface area contributed by atoms with Crippen molar-refractivity contribution in [2.45, 2.75) is 13.0 Å². The standard InChI is InChI=1S/C22H22N6/c1-2-7-21-20(6-1)25-22(26-21)8-4-11-27-12-9-19-17(13-27)14-28(16-24-19)15-18-5-3-10-23-18/h1-3,5-7,10,16,23H,9,11-15H2,(H,25,26). The average Bonchev–Trinajstić information content (AvgIpc) is 3.37. The minimum atomic E-state index is 0.734. The molecule has 0 saturated heterocycles. The Labute approximate surface area is 164 Å². The van der Waals surface area contributed by atoms with Gasteiger partial charge in [-0.05, 0) is 35.8 Å². The quantitative estimate of drug-likeness (QED) is 0.697. The fourth-order valence-electron chi connectivity index (χ4n) is 3.78. The van der Waals surface area contributed by atoms with E-state index < -0.39 is 0 Å². The van der Waals surface area contributed by atoms with Crippen molar-refractivity contribution in [3.05, 3.63) is 65.4 Å². The Kier molecular flexibility index (Phi) is 4.43. The Bertz CT molecular complexity index is 1060. The Morgan fingerprint density at radius 1 is 1.11 bits per heavy atom. The third-order valence-corrected chi connectivity index (χ3v) is 5.19. The number of nitrogens with zero attached hydrogens (tertiary/aromatic N) is 4. The van der Waals surface area contributed by atoms with E-state index in [-0.39, 0.29) is 0 Å². The van der Waals surface area contributed by atoms with Gasteiger partial charge >= 0.3 is 0 Å². The molecule has 28 heavy (non-hydrogen) atoms. The second-order valence-corrected chi connectivity index (χ2v) is 7.26. The monoisotopic (exact) mass is 370 g/mol. The number of H-pyrrole nitrogens is 2. The Hall–Kier alpha value is -3.30. The van der Waals surface area contributed by atoms with Gasteiger partial charge in [0.15, 0.2) is 5.82 Å². The summed E-state index contributed by atoms with van der Waals surface area (Å²) in [6.45, 7) is 4.48. The van der Waals surface area contributed by atoms with Crippen LogP contribution < -0.4 is 0 Å². The summed E-state index contributed by atoms with van der Waals surface area (Å²) in [5.41, 5.74) is 5.86. The number of benzene rings is 1. The maximum absolute atomic E-state index is 4.69. The third kappa shape index (κ3) is 3.57. The molecule has 2 aromatic heterocycles. The molecule has 6 heteroatoms. The van der Waals surface area contributed by atoms with E-state index in [1.54, 1.807) is 0 Å². The number of para-hydroxylation sites is 2. The zero-order valence-electron chi connectivity index (χ0n) is 15.7. The van der Waals surface area contributed by atoms with E-state index in [9.17, 15) is 0 Å². The lowest BCUT2D eigenvalue weighted by Crippen LogP contribution is -2.38. The molecule has 2 N–H and O–H groups in total. The van der Waals surface area contributed by atoms with Gasteiger partial charge in [0, 0.05) is 43.6 Å². The summed E-state index contributed by atoms with van der Waals surface area (Å²) in [5, 5.41) is 0. The van der Waals surface area contributed by atoms with Gasteiger partial charge in [0.25, 0.3) is 0 Å². The van der Waals surface area contributed by atoms with Gasteiger partial charge in [0.1, 0.15) is 0 Å². The lowest BCUT2D eigenvalue weighted by molar-refractivity contribution is 0.300. The second kappa shape index (κ2) is 7.37. The molecule has 0 saturated carbocycles. The summed E-state index contributed by atoms with van der Waals surface area (Å²) < 4.78 is 0. The number of aliphatic imine (C=N–C) groups is 1. The molecule has 4 heterocycles. The first-order chi connectivity index (χ1) is 13.8. The van der Waals surface area contributed by atoms with Gasteiger partial charge in [-0.3, -0.25) is 4.90 Å². The minimum absolute atomic E-state index is 0.734. The summed E-state index contributed by atoms with van der Waals surface area (Å²) in [7, 11) is 0. The lowest BCUT2D eigenvalue weighted by Gasteiger charge is -2.33. The van der Waals surface area contributed by atoms with Gasteiger partial charge in [-0.1, -0.05) is 18.1 Å². The van der Waals surface area contributed by atoms with E-state index in [2.05, 4.69) is 47.7 Å². The van der Waals surface area contributed by atoms with Crippen molar-refractivity contribution in [1.29, 1.82) is 0 Å². The molecule has 0 fully saturated rings. The van der Waals surface area contributed by atoms with E-state index in [1.165, 1.54) is 17.0 Å². The van der Waals surface area contributed by atoms with Gasteiger partial charge in [-0.25, -0.2) is 9.98 Å². The van der Waals surface area contributed by atoms with Crippen molar-refractivity contribution in [1.82, 2.24) is 24.8 Å². The van der Waals surface area contributed by atoms with Crippen molar-refractivity contribution in [2.75, 3.05) is 26.2 Å². The molecule has 0 bridgehead atoms. The van der Waals surface area contributed by atoms with Gasteiger partial charge < -0.3 is 14.9 Å². The highest BCUT2D eigenvalue weighted by molar-refractivity contribution is 5.75. The predicted octanol–water partition coefficient (Wildman–Crippen LogP) is 2.75. The lowest BCUT2D eigenvalue weighted by atomic mass is 10.0. The summed E-state index contributed by atoms with van der Waals surface area (Å²) in [6.07, 6.45) is 4.94. The molecule has 0 amide bonds. The summed E-state index contributed by atoms with van der Waals surface area (Å²) in [5.74, 6) is 7.19. The normalized spacial score (nSPS) is 16.9. The van der Waals surface area contributed by atoms with E-state index in [0.29, 0.717) is 0 Å². The molecule has 1 aromatic carbocycles. The third-order valence-electron chi connectivity index (χ3n) is 5.19. The van der Waals surface area contributed by atoms with Crippen LogP contribution in [0.25, 0.3) is 11.0 Å². The topological polar surface area (TPSA) is 63.3 Å². The molecule has 0 atom stereocenters. The molecule has 3 aromatic rings. The molecule has 0 spiro atoms. The first-order valence-corrected chi connectivity index (χ1v) is 9.61. The van der Waals surface area contributed by atoms with Crippen LogP contribution in [0.2, 0.25) is 0 Å². The summed E-state index contributed by atoms with van der Waals surface area (Å²) in [4.78, 5) is 20.4. The van der Waals surface area contributed by atoms with E-state index in [4.69, 9.17) is 0 Å². The molecule has 5 rings (SSSR count). The zero-order valence-corrected chi connectivity index (χ0v) is 15.7. The molecule has 0 aliphatic carbocycles. The smallest absolute Gasteiger partial charge is 0.183 e. The predicted molar refractivity (Wildman–Crippen MR) is 111 cm³/mol. The van der Waals surface area contributed by atoms with Crippen molar-refractivity contribution in [3.8, 4) is 11.8 Å². The molecular formula is C22H22N6. The highest BCUT2D eigenvalue weighted by atomic mass is 15.2. The minimum Gasteiger partial charge on any atom is -0.364 e. The number of nitrogens with one attached hydrogen (secondary N) is 2. The first kappa shape index (κ1) is 16.8. The average molecular weight is 370 g/mol. The Morgan fingerprint density at radius 3 is 2.96 bits per heavy atom. The number of hydrogen-bond acceptors (Lipinski definition) is 4. The van der Waals surface area contributed by atoms with E-state index in [1.807, 2.05) is 42.9 Å². The second-order valence-electron chi connectivity index (χ2n) is 7.26. The highest BCUT2D eigenvalue weighted by Gasteiger charge is 2.22. The maximum atomic E-state index is 4.69. The Morgan fingerprint density at radius 2 is 2.07 bits per heavy atom. The number of hydrogen-bond donors (Lipinski definition) is 2. The largest absolute Gasteiger partial charge is 0.364 e. The van der Waals surface area contributed by atoms with Crippen LogP contribution in [0, 0.1) is 11.8 Å². The van der Waals surface area contributed by atoms with Crippen molar-refractivity contribution in [2.24, 2.45) is 4.99 Å². The maximum Gasteiger partial charge on any atom is 0.183 e. The number of rotatable bonds is 3. The van der Waals surface area contributed by atoms with Crippen LogP contribution in [0.1, 0.15) is 17.9 Å². The molecule has 140 valence electrons. The molecule has 0 unspecified atom stereocenters. The zero-order chi connectivity index (χ0) is 18.8. The number of aromatic nitrogens is 3. The van der Waals surface area contributed by atoms with Crippen molar-refractivity contribution in [3.63, 3.8) is 0 Å². The van der Waals surface area contributed by atoms with Crippen LogP contribution in [0.5, 0.6) is 0 Å². The molecular weight excluding hydrogens is 348 g/mol. The fourth-order valence-corrected chi connectivity index (χ4v) is 3.78. The van der Waals surface area contributed by atoms with Crippen LogP contribution in [-0.4, -0.2) is 57.3 Å². The highest BCUT2D eigenvalue weighted by Crippen LogP contribution is 2.23. The molecule has 0 radical (unpaired) electrons. The number of imidazole rings is 1. The van der Waals surface area contributed by atoms with E-state index in [0.717, 1.165) is 56.0 Å². The number of aromatic amines is 2. The van der Waals surface area contributed by atoms with Crippen LogP contribution in [-0.2, 0) is 6.54 Å². The first-order valence-electron chi connectivity index (χ1n) is 9.61. The van der Waals surface area contributed by atoms with Crippen molar-refractivity contribution >= 4 is 17.4 Å². The fraction of sp³-hybridized carbons (Fsp3) is 0.273. The SMILES string of the molecule is C(#Cc1nc2ccccc2[nH]1)CN1CCC2=C(CN(Cc3ccc[nH]3)C=N2)C1. The van der Waals surface area contributed by atoms with Crippen LogP contribution in [0.4, 0.5) is 0 Å². The summed E-state index contributed by atoms with van der Waals surface area (Å²) in [6, 6.07) is 12.2. The van der Waals surface area contributed by atoms with Crippen LogP contribution in [0.3, 0.4) is 0 Å². The van der Waals surface area contributed by atoms with Gasteiger partial charge in [-0.15, -0.1) is 0 Å². The number of fused-ring (bicyclic) bond motifs is 1. The molecule has 6 nitrogen and oxygen atoms in total. The van der Waals surface area contributed by atoms with E-state index >= 15 is 0 Å². The van der Waals surface area contributed by atoms with Crippen LogP contribution >= 0.6 is 0 Å². The summed E-state index contributed by atoms with van der Waals surface area (Å²) >= 11 is 0. The molecule has 2 aliphatic heterocycles. The van der Waals surface area contributed by atoms with Gasteiger partial charge in [0.2, 0.25) is 0 Å².